The first-order valence-corrected chi connectivity index (χ1v) is 5.61. The van der Waals surface area contributed by atoms with Crippen molar-refractivity contribution < 1.29 is 14.3 Å². The van der Waals surface area contributed by atoms with Crippen LogP contribution in [0, 0.1) is 11.7 Å². The van der Waals surface area contributed by atoms with Crippen LogP contribution in [0.25, 0.3) is 0 Å². The van der Waals surface area contributed by atoms with Crippen LogP contribution < -0.4 is 0 Å². The largest absolute Gasteiger partial charge is 0.385 e. The van der Waals surface area contributed by atoms with E-state index < -0.39 is 11.9 Å². The minimum atomic E-state index is -0.962. The van der Waals surface area contributed by atoms with Gasteiger partial charge in [-0.15, -0.1) is 0 Å². The molecule has 2 nitrogen and oxygen atoms in total. The fraction of sp³-hybridized carbons (Fsp3) is 0.417. The second-order valence-corrected chi connectivity index (χ2v) is 4.53. The molecule has 1 atom stereocenters. The monoisotopic (exact) mass is 242 g/mol. The molecule has 16 heavy (non-hydrogen) atoms. The molecule has 1 aliphatic carbocycles. The number of halogens is 2. The lowest BCUT2D eigenvalue weighted by molar-refractivity contribution is -0.127. The van der Waals surface area contributed by atoms with E-state index in [1.165, 1.54) is 18.2 Å². The molecule has 1 aromatic carbocycles. The van der Waals surface area contributed by atoms with Crippen LogP contribution in [-0.4, -0.2) is 17.0 Å². The Hall–Kier alpha value is -0.930. The maximum absolute atomic E-state index is 13.4. The van der Waals surface area contributed by atoms with Gasteiger partial charge in [0.2, 0.25) is 0 Å². The number of aliphatic hydroxyl groups is 1. The van der Waals surface area contributed by atoms with Crippen LogP contribution in [0.3, 0.4) is 0 Å². The molecule has 1 aromatic rings. The first kappa shape index (κ1) is 11.6. The average molecular weight is 243 g/mol. The summed E-state index contributed by atoms with van der Waals surface area (Å²) in [5, 5.41) is 9.82. The van der Waals surface area contributed by atoms with Gasteiger partial charge in [-0.05, 0) is 30.9 Å². The van der Waals surface area contributed by atoms with Crippen molar-refractivity contribution in [1.82, 2.24) is 0 Å². The fourth-order valence-corrected chi connectivity index (χ4v) is 1.88. The van der Waals surface area contributed by atoms with Crippen LogP contribution in [-0.2, 0) is 11.2 Å². The molecule has 1 unspecified atom stereocenters. The summed E-state index contributed by atoms with van der Waals surface area (Å²) in [5.41, 5.74) is 0.175. The molecule has 1 aliphatic rings. The second-order valence-electron chi connectivity index (χ2n) is 4.13. The third-order valence-corrected chi connectivity index (χ3v) is 3.17. The van der Waals surface area contributed by atoms with Gasteiger partial charge in [0.25, 0.3) is 0 Å². The van der Waals surface area contributed by atoms with Crippen LogP contribution in [0.15, 0.2) is 18.2 Å². The normalized spacial score (nSPS) is 17.2. The van der Waals surface area contributed by atoms with Crippen molar-refractivity contribution in [3.63, 3.8) is 0 Å². The van der Waals surface area contributed by atoms with Crippen molar-refractivity contribution in [2.75, 3.05) is 0 Å². The molecule has 1 saturated carbocycles. The lowest BCUT2D eigenvalue weighted by Crippen LogP contribution is -2.24. The van der Waals surface area contributed by atoms with Crippen LogP contribution in [0.2, 0.25) is 5.02 Å². The molecular weight excluding hydrogens is 231 g/mol. The summed E-state index contributed by atoms with van der Waals surface area (Å²) in [5.74, 6) is -0.781. The quantitative estimate of drug-likeness (QED) is 0.880. The molecule has 4 heteroatoms. The third-order valence-electron chi connectivity index (χ3n) is 2.81. The number of carbonyl (C=O) groups is 1. The summed E-state index contributed by atoms with van der Waals surface area (Å²) < 4.78 is 13.4. The SMILES string of the molecule is O=C(Cc1c(F)cccc1Cl)C(O)C1CC1. The van der Waals surface area contributed by atoms with E-state index in [0.29, 0.717) is 0 Å². The Labute approximate surface area is 98.0 Å². The Morgan fingerprint density at radius 2 is 2.25 bits per heavy atom. The van der Waals surface area contributed by atoms with Gasteiger partial charge in [-0.3, -0.25) is 4.79 Å². The number of hydrogen-bond donors (Lipinski definition) is 1. The molecule has 0 bridgehead atoms. The molecule has 1 fully saturated rings. The highest BCUT2D eigenvalue weighted by Crippen LogP contribution is 2.33. The molecule has 0 saturated heterocycles. The number of Topliss-reactive ketones (excluding diaryl/α,β-unsaturated/α-hetero) is 1. The summed E-state index contributed by atoms with van der Waals surface area (Å²) in [4.78, 5) is 11.6. The number of carbonyl (C=O) groups excluding carboxylic acids is 1. The molecule has 0 spiro atoms. The van der Waals surface area contributed by atoms with Crippen molar-refractivity contribution in [1.29, 1.82) is 0 Å². The van der Waals surface area contributed by atoms with E-state index in [2.05, 4.69) is 0 Å². The van der Waals surface area contributed by atoms with Crippen molar-refractivity contribution in [2.45, 2.75) is 25.4 Å². The maximum Gasteiger partial charge on any atom is 0.166 e. The van der Waals surface area contributed by atoms with Gasteiger partial charge in [0.1, 0.15) is 11.9 Å². The van der Waals surface area contributed by atoms with E-state index in [1.807, 2.05) is 0 Å². The van der Waals surface area contributed by atoms with Crippen molar-refractivity contribution in [2.24, 2.45) is 5.92 Å². The van der Waals surface area contributed by atoms with E-state index in [0.717, 1.165) is 12.8 Å². The highest BCUT2D eigenvalue weighted by molar-refractivity contribution is 6.31. The molecule has 2 rings (SSSR count). The summed E-state index contributed by atoms with van der Waals surface area (Å²) in [6.07, 6.45) is 0.648. The summed E-state index contributed by atoms with van der Waals surface area (Å²) >= 11 is 5.80. The van der Waals surface area contributed by atoms with Crippen LogP contribution >= 0.6 is 11.6 Å². The zero-order valence-corrected chi connectivity index (χ0v) is 9.38. The molecule has 0 amide bonds. The van der Waals surface area contributed by atoms with Gasteiger partial charge in [0.15, 0.2) is 5.78 Å². The van der Waals surface area contributed by atoms with Gasteiger partial charge in [-0.2, -0.15) is 0 Å². The van der Waals surface area contributed by atoms with Crippen molar-refractivity contribution >= 4 is 17.4 Å². The van der Waals surface area contributed by atoms with Gasteiger partial charge >= 0.3 is 0 Å². The lowest BCUT2D eigenvalue weighted by atomic mass is 10.0. The van der Waals surface area contributed by atoms with Gasteiger partial charge < -0.3 is 5.11 Å². The molecular formula is C12H12ClFO2. The maximum atomic E-state index is 13.4. The van der Waals surface area contributed by atoms with Gasteiger partial charge in [-0.25, -0.2) is 4.39 Å². The second kappa shape index (κ2) is 4.52. The Kier molecular flexibility index (Phi) is 3.26. The molecule has 1 N–H and O–H groups in total. The molecule has 0 aliphatic heterocycles. The topological polar surface area (TPSA) is 37.3 Å². The van der Waals surface area contributed by atoms with Gasteiger partial charge in [0, 0.05) is 17.0 Å². The van der Waals surface area contributed by atoms with E-state index >= 15 is 0 Å². The zero-order chi connectivity index (χ0) is 11.7. The van der Waals surface area contributed by atoms with Gasteiger partial charge in [0.05, 0.1) is 0 Å². The number of ketones is 1. The zero-order valence-electron chi connectivity index (χ0n) is 8.62. The highest BCUT2D eigenvalue weighted by atomic mass is 35.5. The number of benzene rings is 1. The Balaban J connectivity index is 2.10. The fourth-order valence-electron chi connectivity index (χ4n) is 1.65. The molecule has 0 radical (unpaired) electrons. The van der Waals surface area contributed by atoms with E-state index in [9.17, 15) is 14.3 Å². The molecule has 0 aromatic heterocycles. The number of aliphatic hydroxyl groups excluding tert-OH is 1. The Morgan fingerprint density at radius 3 is 2.81 bits per heavy atom. The van der Waals surface area contributed by atoms with E-state index in [4.69, 9.17) is 11.6 Å². The minimum absolute atomic E-state index is 0.0676. The van der Waals surface area contributed by atoms with Crippen LogP contribution in [0.4, 0.5) is 4.39 Å². The van der Waals surface area contributed by atoms with Crippen molar-refractivity contribution in [3.8, 4) is 0 Å². The predicted octanol–water partition coefficient (Wildman–Crippen LogP) is 2.36. The number of rotatable bonds is 4. The predicted molar refractivity (Wildman–Crippen MR) is 58.9 cm³/mol. The smallest absolute Gasteiger partial charge is 0.166 e. The first-order valence-electron chi connectivity index (χ1n) is 5.23. The third kappa shape index (κ3) is 2.42. The standard InChI is InChI=1S/C12H12ClFO2/c13-9-2-1-3-10(14)8(9)6-11(15)12(16)7-4-5-7/h1-3,7,12,16H,4-6H2. The lowest BCUT2D eigenvalue weighted by Gasteiger charge is -2.09. The summed E-state index contributed by atoms with van der Waals surface area (Å²) in [7, 11) is 0. The first-order chi connectivity index (χ1) is 7.59. The van der Waals surface area contributed by atoms with E-state index in [1.54, 1.807) is 0 Å². The summed E-state index contributed by atoms with van der Waals surface area (Å²) in [6, 6.07) is 4.29. The highest BCUT2D eigenvalue weighted by Gasteiger charge is 2.34. The Bertz CT molecular complexity index is 395. The van der Waals surface area contributed by atoms with Crippen molar-refractivity contribution in [3.05, 3.63) is 34.6 Å². The van der Waals surface area contributed by atoms with Gasteiger partial charge in [-0.1, -0.05) is 17.7 Å². The summed E-state index contributed by atoms with van der Waals surface area (Å²) in [6.45, 7) is 0. The Morgan fingerprint density at radius 1 is 1.56 bits per heavy atom. The minimum Gasteiger partial charge on any atom is -0.385 e. The molecule has 86 valence electrons. The number of hydrogen-bond acceptors (Lipinski definition) is 2. The molecule has 0 heterocycles. The average Bonchev–Trinajstić information content (AvgIpc) is 3.06. The van der Waals surface area contributed by atoms with E-state index in [-0.39, 0.29) is 28.7 Å². The van der Waals surface area contributed by atoms with Crippen LogP contribution in [0.1, 0.15) is 18.4 Å². The van der Waals surface area contributed by atoms with Crippen LogP contribution in [0.5, 0.6) is 0 Å².